The Balaban J connectivity index is 1.37. The van der Waals surface area contributed by atoms with Crippen LogP contribution in [0.4, 0.5) is 4.79 Å². The average Bonchev–Trinajstić information content (AvgIpc) is 3.09. The molecule has 2 aliphatic heterocycles. The fourth-order valence-corrected chi connectivity index (χ4v) is 3.70. The summed E-state index contributed by atoms with van der Waals surface area (Å²) in [6, 6.07) is 18.7. The molecule has 0 radical (unpaired) electrons. The predicted molar refractivity (Wildman–Crippen MR) is 99.5 cm³/mol. The molecular weight excluding hydrogens is 310 g/mol. The summed E-state index contributed by atoms with van der Waals surface area (Å²) in [6.45, 7) is 3.79. The van der Waals surface area contributed by atoms with Crippen LogP contribution in [0.25, 0.3) is 0 Å². The molecule has 4 rings (SSSR count). The molecule has 1 saturated heterocycles. The molecule has 0 saturated carbocycles. The van der Waals surface area contributed by atoms with E-state index in [1.54, 1.807) is 5.01 Å². The van der Waals surface area contributed by atoms with Gasteiger partial charge >= 0.3 is 6.03 Å². The number of aryl methyl sites for hydroxylation is 1. The third kappa shape index (κ3) is 3.16. The van der Waals surface area contributed by atoms with Crippen LogP contribution >= 0.6 is 0 Å². The summed E-state index contributed by atoms with van der Waals surface area (Å²) in [6.07, 6.45) is 3.68. The maximum absolute atomic E-state index is 12.8. The fourth-order valence-electron chi connectivity index (χ4n) is 3.70. The Morgan fingerprint density at radius 3 is 2.56 bits per heavy atom. The van der Waals surface area contributed by atoms with E-state index in [9.17, 15) is 4.79 Å². The summed E-state index contributed by atoms with van der Waals surface area (Å²) in [7, 11) is 0. The van der Waals surface area contributed by atoms with Gasteiger partial charge in [0.25, 0.3) is 0 Å². The molecule has 0 spiro atoms. The maximum atomic E-state index is 12.8. The van der Waals surface area contributed by atoms with Crippen LogP contribution in [0.5, 0.6) is 0 Å². The van der Waals surface area contributed by atoms with Crippen molar-refractivity contribution in [1.82, 2.24) is 9.91 Å². The molecule has 2 aromatic rings. The molecule has 2 aromatic carbocycles. The van der Waals surface area contributed by atoms with Crippen LogP contribution in [0.1, 0.15) is 29.2 Å². The van der Waals surface area contributed by atoms with E-state index in [2.05, 4.69) is 48.4 Å². The van der Waals surface area contributed by atoms with Crippen molar-refractivity contribution < 1.29 is 4.79 Å². The van der Waals surface area contributed by atoms with E-state index in [4.69, 9.17) is 0 Å². The second-order valence-electron chi connectivity index (χ2n) is 6.99. The molecule has 4 nitrogen and oxygen atoms in total. The first-order chi connectivity index (χ1) is 12.2. The van der Waals surface area contributed by atoms with E-state index >= 15 is 0 Å². The van der Waals surface area contributed by atoms with Crippen molar-refractivity contribution in [2.45, 2.75) is 25.8 Å². The Hall–Kier alpha value is -2.62. The van der Waals surface area contributed by atoms with Gasteiger partial charge in [0.2, 0.25) is 0 Å². The molecule has 0 N–H and O–H groups in total. The lowest BCUT2D eigenvalue weighted by Crippen LogP contribution is -2.54. The van der Waals surface area contributed by atoms with Gasteiger partial charge in [-0.3, -0.25) is 0 Å². The maximum Gasteiger partial charge on any atom is 0.341 e. The Kier molecular flexibility index (Phi) is 4.26. The van der Waals surface area contributed by atoms with Crippen molar-refractivity contribution >= 4 is 12.2 Å². The van der Waals surface area contributed by atoms with Crippen LogP contribution in [-0.2, 0) is 6.42 Å². The van der Waals surface area contributed by atoms with Gasteiger partial charge in [0.05, 0.1) is 6.04 Å². The van der Waals surface area contributed by atoms with E-state index < -0.39 is 0 Å². The predicted octanol–water partition coefficient (Wildman–Crippen LogP) is 4.02. The highest BCUT2D eigenvalue weighted by Crippen LogP contribution is 2.31. The van der Waals surface area contributed by atoms with Gasteiger partial charge in [0, 0.05) is 25.7 Å². The summed E-state index contributed by atoms with van der Waals surface area (Å²) in [4.78, 5) is 14.7. The Labute approximate surface area is 148 Å². The zero-order valence-electron chi connectivity index (χ0n) is 14.5. The van der Waals surface area contributed by atoms with Crippen LogP contribution in [0, 0.1) is 12.8 Å². The normalized spacial score (nSPS) is 20.0. The quantitative estimate of drug-likeness (QED) is 0.835. The zero-order valence-corrected chi connectivity index (χ0v) is 14.5. The minimum atomic E-state index is 0.0311. The first kappa shape index (κ1) is 15.9. The van der Waals surface area contributed by atoms with Crippen LogP contribution < -0.4 is 0 Å². The first-order valence-electron chi connectivity index (χ1n) is 8.92. The minimum absolute atomic E-state index is 0.0311. The molecule has 0 aromatic heterocycles. The molecule has 128 valence electrons. The monoisotopic (exact) mass is 333 g/mol. The van der Waals surface area contributed by atoms with E-state index in [-0.39, 0.29) is 12.1 Å². The molecule has 2 amide bonds. The van der Waals surface area contributed by atoms with E-state index in [1.165, 1.54) is 11.1 Å². The number of amides is 2. The smallest absolute Gasteiger partial charge is 0.322 e. The number of nitrogens with zero attached hydrogens (tertiary/aromatic N) is 3. The van der Waals surface area contributed by atoms with E-state index in [0.29, 0.717) is 5.92 Å². The summed E-state index contributed by atoms with van der Waals surface area (Å²) in [5, 5.41) is 5.99. The number of urea groups is 1. The standard InChI is InChI=1S/C21H23N3O/c1-16-7-5-6-10-19(16)13-17-14-23(15-17)21(25)24-20(11-12-22-24)18-8-3-2-4-9-18/h2-10,12,17,20H,11,13-15H2,1H3. The Bertz CT molecular complexity index is 781. The first-order valence-corrected chi connectivity index (χ1v) is 8.92. The van der Waals surface area contributed by atoms with Gasteiger partial charge < -0.3 is 4.90 Å². The van der Waals surface area contributed by atoms with Crippen molar-refractivity contribution in [1.29, 1.82) is 0 Å². The van der Waals surface area contributed by atoms with Crippen molar-refractivity contribution in [2.75, 3.05) is 13.1 Å². The Morgan fingerprint density at radius 2 is 1.80 bits per heavy atom. The van der Waals surface area contributed by atoms with Crippen LogP contribution in [0.3, 0.4) is 0 Å². The van der Waals surface area contributed by atoms with Crippen molar-refractivity contribution in [3.8, 4) is 0 Å². The van der Waals surface area contributed by atoms with E-state index in [0.717, 1.165) is 31.5 Å². The lowest BCUT2D eigenvalue weighted by atomic mass is 9.90. The average molecular weight is 333 g/mol. The minimum Gasteiger partial charge on any atom is -0.322 e. The lowest BCUT2D eigenvalue weighted by molar-refractivity contribution is 0.0835. The highest BCUT2D eigenvalue weighted by molar-refractivity contribution is 5.79. The van der Waals surface area contributed by atoms with Gasteiger partial charge in [-0.15, -0.1) is 0 Å². The molecule has 1 atom stereocenters. The molecule has 1 fully saturated rings. The largest absolute Gasteiger partial charge is 0.341 e. The number of rotatable bonds is 3. The number of benzene rings is 2. The number of carbonyl (C=O) groups excluding carboxylic acids is 1. The molecule has 25 heavy (non-hydrogen) atoms. The van der Waals surface area contributed by atoms with Crippen LogP contribution in [0.15, 0.2) is 59.7 Å². The highest BCUT2D eigenvalue weighted by Gasteiger charge is 2.37. The summed E-state index contributed by atoms with van der Waals surface area (Å²) < 4.78 is 0. The molecule has 0 bridgehead atoms. The molecule has 2 aliphatic rings. The van der Waals surface area contributed by atoms with Gasteiger partial charge in [-0.1, -0.05) is 54.6 Å². The number of hydrogen-bond donors (Lipinski definition) is 0. The van der Waals surface area contributed by atoms with E-state index in [1.807, 2.05) is 29.3 Å². The third-order valence-electron chi connectivity index (χ3n) is 5.21. The van der Waals surface area contributed by atoms with Gasteiger partial charge in [0.15, 0.2) is 0 Å². The topological polar surface area (TPSA) is 35.9 Å². The number of carbonyl (C=O) groups is 1. The molecule has 0 aliphatic carbocycles. The van der Waals surface area contributed by atoms with Crippen LogP contribution in [-0.4, -0.2) is 35.2 Å². The third-order valence-corrected chi connectivity index (χ3v) is 5.21. The lowest BCUT2D eigenvalue weighted by Gasteiger charge is -2.41. The van der Waals surface area contributed by atoms with Gasteiger partial charge in [0.1, 0.15) is 0 Å². The van der Waals surface area contributed by atoms with Crippen molar-refractivity contribution in [3.05, 3.63) is 71.3 Å². The summed E-state index contributed by atoms with van der Waals surface area (Å²) >= 11 is 0. The van der Waals surface area contributed by atoms with Crippen molar-refractivity contribution in [3.63, 3.8) is 0 Å². The van der Waals surface area contributed by atoms with Gasteiger partial charge in [-0.05, 0) is 36.0 Å². The number of hydrazone groups is 1. The SMILES string of the molecule is Cc1ccccc1CC1CN(C(=O)N2N=CCC2c2ccccc2)C1. The zero-order chi connectivity index (χ0) is 17.2. The second kappa shape index (κ2) is 6.71. The van der Waals surface area contributed by atoms with Crippen molar-refractivity contribution in [2.24, 2.45) is 11.0 Å². The van der Waals surface area contributed by atoms with Gasteiger partial charge in [-0.25, -0.2) is 9.80 Å². The summed E-state index contributed by atoms with van der Waals surface area (Å²) in [5.41, 5.74) is 3.87. The fraction of sp³-hybridized carbons (Fsp3) is 0.333. The van der Waals surface area contributed by atoms with Gasteiger partial charge in [-0.2, -0.15) is 5.10 Å². The molecular formula is C21H23N3O. The number of likely N-dealkylation sites (tertiary alicyclic amines) is 1. The Morgan fingerprint density at radius 1 is 1.08 bits per heavy atom. The molecule has 2 heterocycles. The molecule has 4 heteroatoms. The summed E-state index contributed by atoms with van der Waals surface area (Å²) in [5.74, 6) is 0.548. The number of hydrogen-bond acceptors (Lipinski definition) is 2. The van der Waals surface area contributed by atoms with Crippen LogP contribution in [0.2, 0.25) is 0 Å². The second-order valence-corrected chi connectivity index (χ2v) is 6.99. The highest BCUT2D eigenvalue weighted by atomic mass is 16.2. The molecule has 1 unspecified atom stereocenters.